The molecule has 106 valence electrons. The molecule has 0 aliphatic heterocycles. The Labute approximate surface area is 118 Å². The number of nitrogens with one attached hydrogen (secondary N) is 1. The van der Waals surface area contributed by atoms with E-state index in [2.05, 4.69) is 12.2 Å². The third-order valence-electron chi connectivity index (χ3n) is 3.02. The zero-order valence-electron chi connectivity index (χ0n) is 11.7. The van der Waals surface area contributed by atoms with Gasteiger partial charge in [0.15, 0.2) is 0 Å². The lowest BCUT2D eigenvalue weighted by Gasteiger charge is -2.10. The molecule has 3 N–H and O–H groups in total. The van der Waals surface area contributed by atoms with Crippen molar-refractivity contribution >= 4 is 17.3 Å². The number of rotatable bonds is 5. The zero-order valence-corrected chi connectivity index (χ0v) is 11.7. The van der Waals surface area contributed by atoms with Crippen LogP contribution in [0.1, 0.15) is 23.8 Å². The van der Waals surface area contributed by atoms with E-state index in [4.69, 9.17) is 10.5 Å². The SMILES string of the molecule is CCCn1cccc1C(=O)Nc1ccc(N)c(OC)c1. The van der Waals surface area contributed by atoms with Gasteiger partial charge in [0.05, 0.1) is 12.8 Å². The summed E-state index contributed by atoms with van der Waals surface area (Å²) < 4.78 is 7.07. The van der Waals surface area contributed by atoms with Crippen LogP contribution in [0.25, 0.3) is 0 Å². The maximum Gasteiger partial charge on any atom is 0.272 e. The van der Waals surface area contributed by atoms with Gasteiger partial charge in [0.25, 0.3) is 5.91 Å². The van der Waals surface area contributed by atoms with Crippen molar-refractivity contribution in [3.63, 3.8) is 0 Å². The average molecular weight is 273 g/mol. The zero-order chi connectivity index (χ0) is 14.5. The van der Waals surface area contributed by atoms with Crippen LogP contribution in [0.5, 0.6) is 5.75 Å². The predicted molar refractivity (Wildman–Crippen MR) is 80.1 cm³/mol. The number of carbonyl (C=O) groups excluding carboxylic acids is 1. The van der Waals surface area contributed by atoms with Crippen molar-refractivity contribution in [1.82, 2.24) is 4.57 Å². The van der Waals surface area contributed by atoms with Gasteiger partial charge >= 0.3 is 0 Å². The minimum absolute atomic E-state index is 0.143. The van der Waals surface area contributed by atoms with E-state index in [1.165, 1.54) is 0 Å². The molecule has 0 atom stereocenters. The first kappa shape index (κ1) is 14.0. The lowest BCUT2D eigenvalue weighted by Crippen LogP contribution is -2.16. The molecule has 0 radical (unpaired) electrons. The van der Waals surface area contributed by atoms with E-state index < -0.39 is 0 Å². The van der Waals surface area contributed by atoms with Crippen LogP contribution in [-0.2, 0) is 6.54 Å². The number of aromatic nitrogens is 1. The normalized spacial score (nSPS) is 10.3. The molecule has 0 bridgehead atoms. The summed E-state index contributed by atoms with van der Waals surface area (Å²) in [7, 11) is 1.55. The molecule has 1 aromatic heterocycles. The second-order valence-electron chi connectivity index (χ2n) is 4.50. The van der Waals surface area contributed by atoms with Crippen molar-refractivity contribution in [3.8, 4) is 5.75 Å². The number of anilines is 2. The van der Waals surface area contributed by atoms with Crippen LogP contribution in [-0.4, -0.2) is 17.6 Å². The molecule has 1 amide bonds. The number of amides is 1. The molecule has 0 spiro atoms. The number of carbonyl (C=O) groups is 1. The Bertz CT molecular complexity index is 605. The Hall–Kier alpha value is -2.43. The predicted octanol–water partition coefficient (Wildman–Crippen LogP) is 2.74. The van der Waals surface area contributed by atoms with Crippen LogP contribution in [0.4, 0.5) is 11.4 Å². The Morgan fingerprint density at radius 3 is 2.90 bits per heavy atom. The van der Waals surface area contributed by atoms with Gasteiger partial charge in [-0.2, -0.15) is 0 Å². The topological polar surface area (TPSA) is 69.3 Å². The average Bonchev–Trinajstić information content (AvgIpc) is 2.89. The van der Waals surface area contributed by atoms with Crippen LogP contribution in [0.2, 0.25) is 0 Å². The van der Waals surface area contributed by atoms with E-state index in [9.17, 15) is 4.79 Å². The number of nitrogen functional groups attached to an aromatic ring is 1. The van der Waals surface area contributed by atoms with Crippen LogP contribution in [0.3, 0.4) is 0 Å². The van der Waals surface area contributed by atoms with Crippen LogP contribution in [0, 0.1) is 0 Å². The maximum absolute atomic E-state index is 12.3. The number of methoxy groups -OCH3 is 1. The van der Waals surface area contributed by atoms with E-state index in [1.807, 2.05) is 16.8 Å². The molecule has 0 fully saturated rings. The molecule has 0 aliphatic rings. The molecule has 1 heterocycles. The standard InChI is InChI=1S/C15H19N3O2/c1-3-8-18-9-4-5-13(18)15(19)17-11-6-7-12(16)14(10-11)20-2/h4-7,9-10H,3,8,16H2,1-2H3,(H,17,19). The lowest BCUT2D eigenvalue weighted by molar-refractivity contribution is 0.101. The van der Waals surface area contributed by atoms with Crippen LogP contribution in [0.15, 0.2) is 36.5 Å². The Balaban J connectivity index is 2.17. The van der Waals surface area contributed by atoms with E-state index in [1.54, 1.807) is 31.4 Å². The van der Waals surface area contributed by atoms with Gasteiger partial charge in [-0.15, -0.1) is 0 Å². The Kier molecular flexibility index (Phi) is 4.30. The summed E-state index contributed by atoms with van der Waals surface area (Å²) in [5.41, 5.74) is 7.59. The molecule has 0 saturated carbocycles. The molecular weight excluding hydrogens is 254 g/mol. The van der Waals surface area contributed by atoms with Crippen LogP contribution >= 0.6 is 0 Å². The highest BCUT2D eigenvalue weighted by molar-refractivity contribution is 6.03. The Morgan fingerprint density at radius 2 is 2.20 bits per heavy atom. The minimum Gasteiger partial charge on any atom is -0.495 e. The number of aryl methyl sites for hydroxylation is 1. The first-order valence-electron chi connectivity index (χ1n) is 6.55. The lowest BCUT2D eigenvalue weighted by atomic mass is 10.2. The van der Waals surface area contributed by atoms with Crippen molar-refractivity contribution < 1.29 is 9.53 Å². The van der Waals surface area contributed by atoms with Crippen molar-refractivity contribution in [2.45, 2.75) is 19.9 Å². The molecule has 0 unspecified atom stereocenters. The first-order valence-corrected chi connectivity index (χ1v) is 6.55. The van der Waals surface area contributed by atoms with Gasteiger partial charge < -0.3 is 20.4 Å². The van der Waals surface area contributed by atoms with Crippen molar-refractivity contribution in [3.05, 3.63) is 42.2 Å². The fourth-order valence-electron chi connectivity index (χ4n) is 2.04. The second kappa shape index (κ2) is 6.14. The molecule has 2 rings (SSSR count). The highest BCUT2D eigenvalue weighted by atomic mass is 16.5. The quantitative estimate of drug-likeness (QED) is 0.823. The summed E-state index contributed by atoms with van der Waals surface area (Å²) in [5.74, 6) is 0.405. The summed E-state index contributed by atoms with van der Waals surface area (Å²) in [6, 6.07) is 8.84. The van der Waals surface area contributed by atoms with Gasteiger partial charge in [0, 0.05) is 24.5 Å². The summed E-state index contributed by atoms with van der Waals surface area (Å²) in [5, 5.41) is 2.85. The maximum atomic E-state index is 12.3. The van der Waals surface area contributed by atoms with Gasteiger partial charge in [-0.3, -0.25) is 4.79 Å². The molecule has 20 heavy (non-hydrogen) atoms. The van der Waals surface area contributed by atoms with Gasteiger partial charge in [0.1, 0.15) is 11.4 Å². The third kappa shape index (κ3) is 2.93. The van der Waals surface area contributed by atoms with Crippen molar-refractivity contribution in [2.75, 3.05) is 18.2 Å². The number of ether oxygens (including phenoxy) is 1. The van der Waals surface area contributed by atoms with Gasteiger partial charge in [-0.05, 0) is 30.7 Å². The highest BCUT2D eigenvalue weighted by Crippen LogP contribution is 2.25. The van der Waals surface area contributed by atoms with Crippen molar-refractivity contribution in [2.24, 2.45) is 0 Å². The summed E-state index contributed by atoms with van der Waals surface area (Å²) in [4.78, 5) is 12.3. The molecule has 2 aromatic rings. The monoisotopic (exact) mass is 273 g/mol. The highest BCUT2D eigenvalue weighted by Gasteiger charge is 2.11. The number of benzene rings is 1. The van der Waals surface area contributed by atoms with Gasteiger partial charge in [-0.25, -0.2) is 0 Å². The van der Waals surface area contributed by atoms with Gasteiger partial charge in [-0.1, -0.05) is 6.92 Å². The van der Waals surface area contributed by atoms with E-state index in [0.717, 1.165) is 13.0 Å². The van der Waals surface area contributed by atoms with Crippen LogP contribution < -0.4 is 15.8 Å². The molecule has 5 nitrogen and oxygen atoms in total. The fourth-order valence-corrected chi connectivity index (χ4v) is 2.04. The molecule has 5 heteroatoms. The summed E-state index contributed by atoms with van der Waals surface area (Å²) in [6.07, 6.45) is 2.88. The minimum atomic E-state index is -0.143. The molecular formula is C15H19N3O2. The first-order chi connectivity index (χ1) is 9.65. The van der Waals surface area contributed by atoms with Crippen molar-refractivity contribution in [1.29, 1.82) is 0 Å². The fraction of sp³-hybridized carbons (Fsp3) is 0.267. The summed E-state index contributed by atoms with van der Waals surface area (Å²) in [6.45, 7) is 2.90. The third-order valence-corrected chi connectivity index (χ3v) is 3.02. The largest absolute Gasteiger partial charge is 0.495 e. The van der Waals surface area contributed by atoms with E-state index in [0.29, 0.717) is 22.8 Å². The van der Waals surface area contributed by atoms with E-state index >= 15 is 0 Å². The molecule has 0 aliphatic carbocycles. The number of nitrogens with zero attached hydrogens (tertiary/aromatic N) is 1. The molecule has 1 aromatic carbocycles. The Morgan fingerprint density at radius 1 is 1.40 bits per heavy atom. The molecule has 0 saturated heterocycles. The second-order valence-corrected chi connectivity index (χ2v) is 4.50. The smallest absolute Gasteiger partial charge is 0.272 e. The number of nitrogens with two attached hydrogens (primary N) is 1. The van der Waals surface area contributed by atoms with Gasteiger partial charge in [0.2, 0.25) is 0 Å². The summed E-state index contributed by atoms with van der Waals surface area (Å²) >= 11 is 0. The van der Waals surface area contributed by atoms with E-state index in [-0.39, 0.29) is 5.91 Å². The number of hydrogen-bond donors (Lipinski definition) is 2. The number of hydrogen-bond acceptors (Lipinski definition) is 3.